The third-order valence-corrected chi connectivity index (χ3v) is 5.02. The van der Waals surface area contributed by atoms with E-state index in [0.29, 0.717) is 23.7 Å². The van der Waals surface area contributed by atoms with Crippen LogP contribution in [0.2, 0.25) is 0 Å². The van der Waals surface area contributed by atoms with Crippen molar-refractivity contribution in [1.29, 1.82) is 0 Å². The van der Waals surface area contributed by atoms with E-state index in [1.807, 2.05) is 12.1 Å². The largest absolute Gasteiger partial charge is 0.366 e. The van der Waals surface area contributed by atoms with Crippen LogP contribution in [-0.4, -0.2) is 46.5 Å². The van der Waals surface area contributed by atoms with E-state index in [1.165, 1.54) is 25.9 Å². The van der Waals surface area contributed by atoms with Crippen molar-refractivity contribution in [3.05, 3.63) is 29.6 Å². The molecule has 22 heavy (non-hydrogen) atoms. The summed E-state index contributed by atoms with van der Waals surface area (Å²) in [6.45, 7) is 4.32. The molecule has 1 atom stereocenters. The zero-order valence-electron chi connectivity index (χ0n) is 12.5. The number of aromatic amines is 1. The number of hydrogen-bond donors (Lipinski definition) is 3. The highest BCUT2D eigenvalue weighted by atomic mass is 16.1. The van der Waals surface area contributed by atoms with Gasteiger partial charge in [0.05, 0.1) is 17.6 Å². The summed E-state index contributed by atoms with van der Waals surface area (Å²) in [4.78, 5) is 21.8. The lowest BCUT2D eigenvalue weighted by Gasteiger charge is -2.45. The average molecular weight is 299 g/mol. The Kier molecular flexibility index (Phi) is 3.35. The van der Waals surface area contributed by atoms with Crippen LogP contribution in [-0.2, 0) is 6.54 Å². The minimum absolute atomic E-state index is 0.436. The highest BCUT2D eigenvalue weighted by Gasteiger charge is 2.33. The van der Waals surface area contributed by atoms with Crippen LogP contribution in [0.3, 0.4) is 0 Å². The average Bonchev–Trinajstić information content (AvgIpc) is 2.96. The molecule has 3 saturated heterocycles. The first-order valence-corrected chi connectivity index (χ1v) is 7.94. The van der Waals surface area contributed by atoms with Crippen molar-refractivity contribution < 1.29 is 4.79 Å². The van der Waals surface area contributed by atoms with E-state index in [0.717, 1.165) is 23.8 Å². The third-order valence-electron chi connectivity index (χ3n) is 5.02. The summed E-state index contributed by atoms with van der Waals surface area (Å²) in [6, 6.07) is 6.01. The number of benzene rings is 1. The molecule has 6 heteroatoms. The van der Waals surface area contributed by atoms with Crippen molar-refractivity contribution in [2.75, 3.05) is 19.6 Å². The first kappa shape index (κ1) is 13.7. The van der Waals surface area contributed by atoms with E-state index in [1.54, 1.807) is 6.07 Å². The minimum atomic E-state index is -0.436. The SMILES string of the molecule is NC(=O)c1cccc2[nH]c(CNC3CN4CCC3CC4)nc12. The normalized spacial score (nSPS) is 27.4. The Hall–Kier alpha value is -1.92. The van der Waals surface area contributed by atoms with E-state index in [-0.39, 0.29) is 0 Å². The molecule has 4 heterocycles. The smallest absolute Gasteiger partial charge is 0.250 e. The van der Waals surface area contributed by atoms with Crippen molar-refractivity contribution in [3.8, 4) is 0 Å². The highest BCUT2D eigenvalue weighted by molar-refractivity contribution is 6.03. The lowest BCUT2D eigenvalue weighted by molar-refractivity contribution is 0.0717. The molecule has 6 nitrogen and oxygen atoms in total. The number of imidazole rings is 1. The highest BCUT2D eigenvalue weighted by Crippen LogP contribution is 2.27. The number of piperidine rings is 3. The molecule has 4 N–H and O–H groups in total. The molecule has 0 aliphatic carbocycles. The number of rotatable bonds is 4. The van der Waals surface area contributed by atoms with Gasteiger partial charge >= 0.3 is 0 Å². The fourth-order valence-corrected chi connectivity index (χ4v) is 3.79. The summed E-state index contributed by atoms with van der Waals surface area (Å²) in [6.07, 6.45) is 2.59. The molecular weight excluding hydrogens is 278 g/mol. The predicted molar refractivity (Wildman–Crippen MR) is 84.4 cm³/mol. The number of para-hydroxylation sites is 1. The monoisotopic (exact) mass is 299 g/mol. The second-order valence-corrected chi connectivity index (χ2v) is 6.37. The number of primary amides is 1. The maximum absolute atomic E-state index is 11.5. The van der Waals surface area contributed by atoms with Gasteiger partial charge in [0.25, 0.3) is 5.91 Å². The fraction of sp³-hybridized carbons (Fsp3) is 0.500. The summed E-state index contributed by atoms with van der Waals surface area (Å²) in [5.74, 6) is 1.21. The lowest BCUT2D eigenvalue weighted by Crippen LogP contribution is -2.55. The Morgan fingerprint density at radius 3 is 2.91 bits per heavy atom. The van der Waals surface area contributed by atoms with Gasteiger partial charge in [0.1, 0.15) is 11.3 Å². The molecule has 116 valence electrons. The molecule has 0 spiro atoms. The molecule has 0 saturated carbocycles. The van der Waals surface area contributed by atoms with Gasteiger partial charge in [0.2, 0.25) is 0 Å². The quantitative estimate of drug-likeness (QED) is 0.781. The second kappa shape index (κ2) is 5.37. The fourth-order valence-electron chi connectivity index (χ4n) is 3.79. The molecule has 1 aromatic carbocycles. The number of amides is 1. The van der Waals surface area contributed by atoms with Crippen molar-refractivity contribution in [2.45, 2.75) is 25.4 Å². The molecule has 0 radical (unpaired) electrons. The summed E-state index contributed by atoms with van der Waals surface area (Å²) in [5, 5.41) is 3.63. The lowest BCUT2D eigenvalue weighted by atomic mass is 9.84. The number of H-pyrrole nitrogens is 1. The number of nitrogens with two attached hydrogens (primary N) is 1. The molecule has 1 unspecified atom stereocenters. The van der Waals surface area contributed by atoms with Gasteiger partial charge in [0, 0.05) is 12.6 Å². The summed E-state index contributed by atoms with van der Waals surface area (Å²) in [7, 11) is 0. The van der Waals surface area contributed by atoms with E-state index in [4.69, 9.17) is 5.73 Å². The number of fused-ring (bicyclic) bond motifs is 4. The van der Waals surface area contributed by atoms with Crippen LogP contribution in [0.5, 0.6) is 0 Å². The van der Waals surface area contributed by atoms with Gasteiger partial charge in [0.15, 0.2) is 0 Å². The summed E-state index contributed by atoms with van der Waals surface area (Å²) in [5.41, 5.74) is 7.41. The van der Waals surface area contributed by atoms with Crippen molar-refractivity contribution in [3.63, 3.8) is 0 Å². The Balaban J connectivity index is 1.50. The van der Waals surface area contributed by atoms with Crippen LogP contribution in [0.4, 0.5) is 0 Å². The molecule has 1 amide bonds. The van der Waals surface area contributed by atoms with Crippen LogP contribution in [0.1, 0.15) is 29.0 Å². The van der Waals surface area contributed by atoms with Gasteiger partial charge in [-0.2, -0.15) is 0 Å². The van der Waals surface area contributed by atoms with Gasteiger partial charge in [-0.3, -0.25) is 4.79 Å². The molecule has 2 aromatic rings. The Labute approximate surface area is 129 Å². The maximum atomic E-state index is 11.5. The Bertz CT molecular complexity index is 702. The van der Waals surface area contributed by atoms with Gasteiger partial charge < -0.3 is 20.9 Å². The first-order valence-electron chi connectivity index (χ1n) is 7.94. The van der Waals surface area contributed by atoms with Crippen LogP contribution < -0.4 is 11.1 Å². The number of nitrogens with zero attached hydrogens (tertiary/aromatic N) is 2. The van der Waals surface area contributed by atoms with E-state index >= 15 is 0 Å². The molecule has 2 bridgehead atoms. The number of hydrogen-bond acceptors (Lipinski definition) is 4. The predicted octanol–water partition coefficient (Wildman–Crippen LogP) is 0.846. The van der Waals surface area contributed by atoms with Crippen LogP contribution in [0.25, 0.3) is 11.0 Å². The first-order chi connectivity index (χ1) is 10.7. The van der Waals surface area contributed by atoms with E-state index in [9.17, 15) is 4.79 Å². The zero-order valence-corrected chi connectivity index (χ0v) is 12.5. The van der Waals surface area contributed by atoms with Crippen molar-refractivity contribution in [2.24, 2.45) is 11.7 Å². The standard InChI is InChI=1S/C16H21N5O/c17-16(22)11-2-1-3-12-15(11)20-14(19-12)8-18-13-9-21-6-4-10(13)5-7-21/h1-3,10,13,18H,4-9H2,(H2,17,22)(H,19,20). The molecule has 3 aliphatic rings. The Morgan fingerprint density at radius 2 is 2.23 bits per heavy atom. The number of carbonyl (C=O) groups is 1. The number of carbonyl (C=O) groups excluding carboxylic acids is 1. The van der Waals surface area contributed by atoms with Gasteiger partial charge in [-0.25, -0.2) is 4.98 Å². The Morgan fingerprint density at radius 1 is 1.41 bits per heavy atom. The van der Waals surface area contributed by atoms with Crippen LogP contribution in [0, 0.1) is 5.92 Å². The van der Waals surface area contributed by atoms with E-state index in [2.05, 4.69) is 20.2 Å². The topological polar surface area (TPSA) is 87.0 Å². The van der Waals surface area contributed by atoms with Crippen LogP contribution >= 0.6 is 0 Å². The van der Waals surface area contributed by atoms with Gasteiger partial charge in [-0.15, -0.1) is 0 Å². The zero-order chi connectivity index (χ0) is 15.1. The minimum Gasteiger partial charge on any atom is -0.366 e. The molecule has 5 rings (SSSR count). The summed E-state index contributed by atoms with van der Waals surface area (Å²) < 4.78 is 0. The third kappa shape index (κ3) is 2.38. The molecular formula is C16H21N5O. The number of nitrogens with one attached hydrogen (secondary N) is 2. The van der Waals surface area contributed by atoms with Crippen LogP contribution in [0.15, 0.2) is 18.2 Å². The molecule has 3 fully saturated rings. The molecule has 1 aromatic heterocycles. The summed E-state index contributed by atoms with van der Waals surface area (Å²) >= 11 is 0. The molecule has 3 aliphatic heterocycles. The number of aromatic nitrogens is 2. The van der Waals surface area contributed by atoms with Gasteiger partial charge in [-0.05, 0) is 44.0 Å². The van der Waals surface area contributed by atoms with Crippen molar-refractivity contribution >= 4 is 16.9 Å². The van der Waals surface area contributed by atoms with Gasteiger partial charge in [-0.1, -0.05) is 6.07 Å². The second-order valence-electron chi connectivity index (χ2n) is 6.37. The van der Waals surface area contributed by atoms with Crippen molar-refractivity contribution in [1.82, 2.24) is 20.2 Å². The van der Waals surface area contributed by atoms with E-state index < -0.39 is 5.91 Å². The maximum Gasteiger partial charge on any atom is 0.250 e.